The third kappa shape index (κ3) is 3.18. The van der Waals surface area contributed by atoms with E-state index >= 15 is 0 Å². The van der Waals surface area contributed by atoms with Crippen LogP contribution < -0.4 is 5.32 Å². The van der Waals surface area contributed by atoms with Gasteiger partial charge in [-0.1, -0.05) is 0 Å². The van der Waals surface area contributed by atoms with E-state index in [1.165, 1.54) is 6.20 Å². The first-order valence-electron chi connectivity index (χ1n) is 6.15. The lowest BCUT2D eigenvalue weighted by molar-refractivity contribution is -0.384. The van der Waals surface area contributed by atoms with Crippen molar-refractivity contribution in [2.24, 2.45) is 0 Å². The minimum absolute atomic E-state index is 0.0994. The summed E-state index contributed by atoms with van der Waals surface area (Å²) in [4.78, 5) is 14.4. The van der Waals surface area contributed by atoms with Gasteiger partial charge in [-0.3, -0.25) is 10.1 Å². The van der Waals surface area contributed by atoms with Crippen LogP contribution in [0.25, 0.3) is 11.3 Å². The van der Waals surface area contributed by atoms with E-state index in [-0.39, 0.29) is 17.0 Å². The van der Waals surface area contributed by atoms with Gasteiger partial charge in [0.2, 0.25) is 0 Å². The molecule has 0 aliphatic rings. The van der Waals surface area contributed by atoms with Gasteiger partial charge in [0.1, 0.15) is 5.82 Å². The average Bonchev–Trinajstić information content (AvgIpc) is 2.87. The lowest BCUT2D eigenvalue weighted by Gasteiger charge is -1.99. The van der Waals surface area contributed by atoms with E-state index in [1.54, 1.807) is 0 Å². The van der Waals surface area contributed by atoms with Crippen molar-refractivity contribution in [2.75, 3.05) is 13.6 Å². The van der Waals surface area contributed by atoms with E-state index in [1.807, 2.05) is 7.05 Å². The van der Waals surface area contributed by atoms with Crippen LogP contribution in [0.4, 0.5) is 10.1 Å². The number of hydrogen-bond acceptors (Lipinski definition) is 5. The maximum Gasteiger partial charge on any atom is 0.280 e. The maximum atomic E-state index is 13.3. The largest absolute Gasteiger partial charge is 0.440 e. The Morgan fingerprint density at radius 3 is 3.00 bits per heavy atom. The van der Waals surface area contributed by atoms with Gasteiger partial charge >= 0.3 is 0 Å². The van der Waals surface area contributed by atoms with E-state index in [0.717, 1.165) is 31.2 Å². The Morgan fingerprint density at radius 2 is 2.30 bits per heavy atom. The predicted molar refractivity (Wildman–Crippen MR) is 70.8 cm³/mol. The number of aryl methyl sites for hydroxylation is 1. The smallest absolute Gasteiger partial charge is 0.280 e. The molecule has 6 nitrogen and oxygen atoms in total. The van der Waals surface area contributed by atoms with Gasteiger partial charge in [-0.05, 0) is 32.1 Å². The molecule has 7 heteroatoms. The summed E-state index contributed by atoms with van der Waals surface area (Å²) in [6.45, 7) is 0.817. The van der Waals surface area contributed by atoms with Gasteiger partial charge in [-0.15, -0.1) is 0 Å². The van der Waals surface area contributed by atoms with Crippen molar-refractivity contribution in [1.29, 1.82) is 0 Å². The van der Waals surface area contributed by atoms with Crippen LogP contribution in [0.15, 0.2) is 28.8 Å². The van der Waals surface area contributed by atoms with Gasteiger partial charge in [-0.2, -0.15) is 0 Å². The molecule has 0 aliphatic heterocycles. The summed E-state index contributed by atoms with van der Waals surface area (Å²) in [7, 11) is 1.84. The molecule has 0 amide bonds. The number of nitro groups is 1. The number of nitrogens with one attached hydrogen (secondary N) is 1. The van der Waals surface area contributed by atoms with Crippen molar-refractivity contribution in [3.8, 4) is 11.3 Å². The van der Waals surface area contributed by atoms with E-state index < -0.39 is 10.7 Å². The number of oxazole rings is 1. The number of nitrogens with zero attached hydrogens (tertiary/aromatic N) is 2. The molecule has 1 heterocycles. The topological polar surface area (TPSA) is 81.2 Å². The second-order valence-corrected chi connectivity index (χ2v) is 4.24. The van der Waals surface area contributed by atoms with Crippen LogP contribution in [0.3, 0.4) is 0 Å². The van der Waals surface area contributed by atoms with Gasteiger partial charge < -0.3 is 9.73 Å². The van der Waals surface area contributed by atoms with Crippen molar-refractivity contribution in [3.63, 3.8) is 0 Å². The second-order valence-electron chi connectivity index (χ2n) is 4.24. The number of benzene rings is 1. The van der Waals surface area contributed by atoms with E-state index in [0.29, 0.717) is 12.3 Å². The Kier molecular flexibility index (Phi) is 4.41. The fourth-order valence-corrected chi connectivity index (χ4v) is 1.83. The highest BCUT2D eigenvalue weighted by Crippen LogP contribution is 2.31. The van der Waals surface area contributed by atoms with Crippen LogP contribution in [-0.2, 0) is 6.42 Å². The van der Waals surface area contributed by atoms with Crippen LogP contribution in [0, 0.1) is 15.9 Å². The Bertz CT molecular complexity index is 613. The molecule has 1 N–H and O–H groups in total. The number of halogens is 1. The molecule has 0 radical (unpaired) electrons. The molecule has 0 saturated heterocycles. The SMILES string of the molecule is CNCCCc1ncc(-c2cc(F)ccc2[N+](=O)[O-])o1. The normalized spacial score (nSPS) is 10.7. The Balaban J connectivity index is 2.27. The second kappa shape index (κ2) is 6.25. The first-order chi connectivity index (χ1) is 9.61. The molecule has 1 aromatic carbocycles. The average molecular weight is 279 g/mol. The molecule has 0 bridgehead atoms. The standard InChI is InChI=1S/C13H14FN3O3/c1-15-6-2-3-13-16-8-12(20-13)10-7-9(14)4-5-11(10)17(18)19/h4-5,7-8,15H,2-3,6H2,1H3. The zero-order chi connectivity index (χ0) is 14.5. The Hall–Kier alpha value is -2.28. The monoisotopic (exact) mass is 279 g/mol. The molecular formula is C13H14FN3O3. The number of hydrogen-bond donors (Lipinski definition) is 1. The molecule has 0 aliphatic carbocycles. The highest BCUT2D eigenvalue weighted by molar-refractivity contribution is 5.68. The summed E-state index contributed by atoms with van der Waals surface area (Å²) in [6, 6.07) is 3.25. The summed E-state index contributed by atoms with van der Waals surface area (Å²) in [5.74, 6) is 0.128. The molecular weight excluding hydrogens is 265 g/mol. The summed E-state index contributed by atoms with van der Waals surface area (Å²) in [5.41, 5.74) is -0.105. The highest BCUT2D eigenvalue weighted by Gasteiger charge is 2.19. The maximum absolute atomic E-state index is 13.3. The minimum atomic E-state index is -0.571. The van der Waals surface area contributed by atoms with E-state index in [2.05, 4.69) is 10.3 Å². The van der Waals surface area contributed by atoms with Crippen LogP contribution in [0.5, 0.6) is 0 Å². The lowest BCUT2D eigenvalue weighted by atomic mass is 10.1. The molecule has 2 aromatic rings. The van der Waals surface area contributed by atoms with Crippen LogP contribution >= 0.6 is 0 Å². The van der Waals surface area contributed by atoms with E-state index in [9.17, 15) is 14.5 Å². The summed E-state index contributed by atoms with van der Waals surface area (Å²) in [6.07, 6.45) is 2.84. The molecule has 106 valence electrons. The van der Waals surface area contributed by atoms with Crippen molar-refractivity contribution in [3.05, 3.63) is 46.2 Å². The number of rotatable bonds is 6. The fraction of sp³-hybridized carbons (Fsp3) is 0.308. The Labute approximate surface area is 114 Å². The van der Waals surface area contributed by atoms with Crippen molar-refractivity contribution in [2.45, 2.75) is 12.8 Å². The molecule has 0 unspecified atom stereocenters. The van der Waals surface area contributed by atoms with Crippen molar-refractivity contribution >= 4 is 5.69 Å². The first-order valence-corrected chi connectivity index (χ1v) is 6.15. The number of nitro benzene ring substituents is 1. The first kappa shape index (κ1) is 14.1. The van der Waals surface area contributed by atoms with Gasteiger partial charge in [-0.25, -0.2) is 9.37 Å². The lowest BCUT2D eigenvalue weighted by Crippen LogP contribution is -2.08. The summed E-state index contributed by atoms with van der Waals surface area (Å²) >= 11 is 0. The van der Waals surface area contributed by atoms with Gasteiger partial charge in [0.25, 0.3) is 5.69 Å². The zero-order valence-corrected chi connectivity index (χ0v) is 10.9. The molecule has 0 fully saturated rings. The van der Waals surface area contributed by atoms with Gasteiger partial charge in [0.05, 0.1) is 16.7 Å². The molecule has 2 rings (SSSR count). The van der Waals surface area contributed by atoms with Crippen molar-refractivity contribution in [1.82, 2.24) is 10.3 Å². The van der Waals surface area contributed by atoms with Crippen LogP contribution in [0.2, 0.25) is 0 Å². The van der Waals surface area contributed by atoms with E-state index in [4.69, 9.17) is 4.42 Å². The molecule has 20 heavy (non-hydrogen) atoms. The summed E-state index contributed by atoms with van der Waals surface area (Å²) < 4.78 is 18.7. The highest BCUT2D eigenvalue weighted by atomic mass is 19.1. The molecule has 1 aromatic heterocycles. The minimum Gasteiger partial charge on any atom is -0.440 e. The van der Waals surface area contributed by atoms with Crippen molar-refractivity contribution < 1.29 is 13.7 Å². The fourth-order valence-electron chi connectivity index (χ4n) is 1.83. The van der Waals surface area contributed by atoms with Crippen LogP contribution in [0.1, 0.15) is 12.3 Å². The quantitative estimate of drug-likeness (QED) is 0.499. The molecule has 0 atom stereocenters. The summed E-state index contributed by atoms with van der Waals surface area (Å²) in [5, 5.41) is 13.9. The van der Waals surface area contributed by atoms with Gasteiger partial charge in [0.15, 0.2) is 11.7 Å². The predicted octanol–water partition coefficient (Wildman–Crippen LogP) is 2.54. The molecule has 0 saturated carbocycles. The van der Waals surface area contributed by atoms with Gasteiger partial charge in [0, 0.05) is 12.5 Å². The third-order valence-corrected chi connectivity index (χ3v) is 2.79. The molecule has 0 spiro atoms. The Morgan fingerprint density at radius 1 is 1.50 bits per heavy atom. The number of aromatic nitrogens is 1. The van der Waals surface area contributed by atoms with Crippen LogP contribution in [-0.4, -0.2) is 23.5 Å². The zero-order valence-electron chi connectivity index (χ0n) is 10.9. The third-order valence-electron chi connectivity index (χ3n) is 2.79.